The Balaban J connectivity index is 2.42. The van der Waals surface area contributed by atoms with Crippen molar-refractivity contribution in [3.05, 3.63) is 0 Å². The zero-order chi connectivity index (χ0) is 13.8. The summed E-state index contributed by atoms with van der Waals surface area (Å²) in [6, 6.07) is 2.06. The summed E-state index contributed by atoms with van der Waals surface area (Å²) < 4.78 is 5.54. The van der Waals surface area contributed by atoms with Crippen LogP contribution in [0.1, 0.15) is 52.9 Å². The fourth-order valence-corrected chi connectivity index (χ4v) is 3.07. The highest BCUT2D eigenvalue weighted by Crippen LogP contribution is 2.26. The summed E-state index contributed by atoms with van der Waals surface area (Å²) in [5.74, 6) is 0. The van der Waals surface area contributed by atoms with Crippen LogP contribution >= 0.6 is 0 Å². The van der Waals surface area contributed by atoms with Gasteiger partial charge in [-0.25, -0.2) is 0 Å². The Labute approximate surface area is 113 Å². The molecule has 0 saturated heterocycles. The van der Waals surface area contributed by atoms with E-state index in [1.807, 2.05) is 7.11 Å². The molecule has 1 rings (SSSR count). The molecule has 0 aromatic carbocycles. The maximum atomic E-state index is 5.54. The van der Waals surface area contributed by atoms with Gasteiger partial charge in [-0.3, -0.25) is 0 Å². The molecule has 0 radical (unpaired) electrons. The second kappa shape index (κ2) is 6.88. The number of rotatable bonds is 6. The van der Waals surface area contributed by atoms with Gasteiger partial charge in [0.05, 0.1) is 5.60 Å². The second-order valence-corrected chi connectivity index (χ2v) is 6.48. The molecule has 1 saturated carbocycles. The van der Waals surface area contributed by atoms with Gasteiger partial charge in [-0.1, -0.05) is 0 Å². The van der Waals surface area contributed by atoms with Gasteiger partial charge in [0.2, 0.25) is 0 Å². The first-order valence-corrected chi connectivity index (χ1v) is 7.34. The number of ether oxygens (including phenoxy) is 1. The molecule has 0 bridgehead atoms. The Morgan fingerprint density at radius 3 is 2.28 bits per heavy atom. The van der Waals surface area contributed by atoms with Crippen LogP contribution in [0.3, 0.4) is 0 Å². The fraction of sp³-hybridized carbons (Fsp3) is 1.00. The molecule has 108 valence electrons. The lowest BCUT2D eigenvalue weighted by Gasteiger charge is -2.40. The van der Waals surface area contributed by atoms with E-state index in [4.69, 9.17) is 4.74 Å². The van der Waals surface area contributed by atoms with Crippen molar-refractivity contribution in [2.75, 3.05) is 21.2 Å². The van der Waals surface area contributed by atoms with Crippen molar-refractivity contribution in [2.24, 2.45) is 0 Å². The third-order valence-corrected chi connectivity index (χ3v) is 4.72. The van der Waals surface area contributed by atoms with Crippen molar-refractivity contribution in [3.8, 4) is 0 Å². The highest BCUT2D eigenvalue weighted by atomic mass is 16.5. The van der Waals surface area contributed by atoms with E-state index in [1.54, 1.807) is 0 Å². The van der Waals surface area contributed by atoms with Crippen molar-refractivity contribution >= 4 is 0 Å². The lowest BCUT2D eigenvalue weighted by Crippen LogP contribution is -2.45. The van der Waals surface area contributed by atoms with Crippen LogP contribution in [0.2, 0.25) is 0 Å². The molecule has 1 aliphatic rings. The molecule has 3 nitrogen and oxygen atoms in total. The van der Waals surface area contributed by atoms with E-state index in [-0.39, 0.29) is 5.60 Å². The topological polar surface area (TPSA) is 24.5 Å². The third-order valence-electron chi connectivity index (χ3n) is 4.72. The van der Waals surface area contributed by atoms with Gasteiger partial charge < -0.3 is 15.0 Å². The minimum atomic E-state index is -0.0180. The Morgan fingerprint density at radius 2 is 1.83 bits per heavy atom. The van der Waals surface area contributed by atoms with Crippen LogP contribution in [0.5, 0.6) is 0 Å². The maximum absolute atomic E-state index is 5.54. The zero-order valence-electron chi connectivity index (χ0n) is 13.1. The number of nitrogens with one attached hydrogen (secondary N) is 1. The standard InChI is InChI=1S/C15H32N2O/c1-12(11-15(2,3)18-6)17(5)14-9-7-13(16-4)8-10-14/h12-14,16H,7-11H2,1-6H3. The summed E-state index contributed by atoms with van der Waals surface area (Å²) in [4.78, 5) is 2.56. The molecule has 1 atom stereocenters. The molecule has 0 aromatic heterocycles. The van der Waals surface area contributed by atoms with Gasteiger partial charge in [0.25, 0.3) is 0 Å². The Bertz CT molecular complexity index is 235. The summed E-state index contributed by atoms with van der Waals surface area (Å²) in [5, 5.41) is 3.40. The predicted octanol–water partition coefficient (Wildman–Crippen LogP) is 2.65. The lowest BCUT2D eigenvalue weighted by molar-refractivity contribution is -0.0107. The van der Waals surface area contributed by atoms with Gasteiger partial charge in [0.1, 0.15) is 0 Å². The highest BCUT2D eigenvalue weighted by molar-refractivity contribution is 4.85. The number of nitrogens with zero attached hydrogens (tertiary/aromatic N) is 1. The minimum Gasteiger partial charge on any atom is -0.379 e. The lowest BCUT2D eigenvalue weighted by atomic mass is 9.89. The summed E-state index contributed by atoms with van der Waals surface area (Å²) in [6.45, 7) is 6.68. The molecule has 0 heterocycles. The van der Waals surface area contributed by atoms with Crippen LogP contribution in [0, 0.1) is 0 Å². The first kappa shape index (κ1) is 15.9. The molecule has 0 aromatic rings. The first-order valence-electron chi connectivity index (χ1n) is 7.34. The first-order chi connectivity index (χ1) is 8.39. The van der Waals surface area contributed by atoms with Gasteiger partial charge in [0.15, 0.2) is 0 Å². The average molecular weight is 256 g/mol. The van der Waals surface area contributed by atoms with Gasteiger partial charge in [0, 0.05) is 25.2 Å². The Hall–Kier alpha value is -0.120. The Morgan fingerprint density at radius 1 is 1.28 bits per heavy atom. The molecule has 3 heteroatoms. The van der Waals surface area contributed by atoms with E-state index in [0.29, 0.717) is 6.04 Å². The minimum absolute atomic E-state index is 0.0180. The number of hydrogen-bond acceptors (Lipinski definition) is 3. The van der Waals surface area contributed by atoms with Crippen molar-refractivity contribution in [2.45, 2.75) is 76.6 Å². The van der Waals surface area contributed by atoms with Gasteiger partial charge in [-0.15, -0.1) is 0 Å². The van der Waals surface area contributed by atoms with Crippen molar-refractivity contribution in [1.29, 1.82) is 0 Å². The molecule has 0 spiro atoms. The molecule has 0 amide bonds. The molecule has 0 aliphatic heterocycles. The molecular weight excluding hydrogens is 224 g/mol. The summed E-state index contributed by atoms with van der Waals surface area (Å²) in [6.07, 6.45) is 6.35. The molecule has 1 fully saturated rings. The molecular formula is C15H32N2O. The van der Waals surface area contributed by atoms with E-state index in [2.05, 4.69) is 45.1 Å². The largest absolute Gasteiger partial charge is 0.379 e. The monoisotopic (exact) mass is 256 g/mol. The van der Waals surface area contributed by atoms with E-state index < -0.39 is 0 Å². The second-order valence-electron chi connectivity index (χ2n) is 6.48. The molecule has 1 unspecified atom stereocenters. The summed E-state index contributed by atoms with van der Waals surface area (Å²) in [5.41, 5.74) is -0.0180. The van der Waals surface area contributed by atoms with Crippen LogP contribution in [0.25, 0.3) is 0 Å². The zero-order valence-corrected chi connectivity index (χ0v) is 13.1. The van der Waals surface area contributed by atoms with Crippen molar-refractivity contribution < 1.29 is 4.74 Å². The SMILES string of the molecule is CNC1CCC(N(C)C(C)CC(C)(C)OC)CC1. The van der Waals surface area contributed by atoms with Crippen LogP contribution in [-0.2, 0) is 4.74 Å². The number of methoxy groups -OCH3 is 1. The van der Waals surface area contributed by atoms with Crippen molar-refractivity contribution in [1.82, 2.24) is 10.2 Å². The predicted molar refractivity (Wildman–Crippen MR) is 78.0 cm³/mol. The summed E-state index contributed by atoms with van der Waals surface area (Å²) >= 11 is 0. The highest BCUT2D eigenvalue weighted by Gasteiger charge is 2.28. The van der Waals surface area contributed by atoms with Crippen LogP contribution in [-0.4, -0.2) is 49.8 Å². The molecule has 18 heavy (non-hydrogen) atoms. The van der Waals surface area contributed by atoms with Crippen molar-refractivity contribution in [3.63, 3.8) is 0 Å². The van der Waals surface area contributed by atoms with E-state index >= 15 is 0 Å². The van der Waals surface area contributed by atoms with Crippen LogP contribution in [0.15, 0.2) is 0 Å². The quantitative estimate of drug-likeness (QED) is 0.791. The van der Waals surface area contributed by atoms with Gasteiger partial charge in [-0.2, -0.15) is 0 Å². The summed E-state index contributed by atoms with van der Waals surface area (Å²) in [7, 11) is 6.17. The molecule has 1 N–H and O–H groups in total. The van der Waals surface area contributed by atoms with E-state index in [0.717, 1.165) is 18.5 Å². The third kappa shape index (κ3) is 4.52. The normalized spacial score (nSPS) is 27.5. The maximum Gasteiger partial charge on any atom is 0.0637 e. The fourth-order valence-electron chi connectivity index (χ4n) is 3.07. The number of hydrogen-bond donors (Lipinski definition) is 1. The smallest absolute Gasteiger partial charge is 0.0637 e. The van der Waals surface area contributed by atoms with Crippen LogP contribution in [0.4, 0.5) is 0 Å². The molecule has 1 aliphatic carbocycles. The Kier molecular flexibility index (Phi) is 6.09. The van der Waals surface area contributed by atoms with E-state index in [1.165, 1.54) is 25.7 Å². The van der Waals surface area contributed by atoms with Gasteiger partial charge >= 0.3 is 0 Å². The van der Waals surface area contributed by atoms with E-state index in [9.17, 15) is 0 Å². The average Bonchev–Trinajstić information content (AvgIpc) is 2.37. The van der Waals surface area contributed by atoms with Gasteiger partial charge in [-0.05, 0) is 67.0 Å². The van der Waals surface area contributed by atoms with Crippen LogP contribution < -0.4 is 5.32 Å².